The van der Waals surface area contributed by atoms with Crippen LogP contribution in [0.2, 0.25) is 0 Å². The molecule has 0 aromatic rings. The van der Waals surface area contributed by atoms with Gasteiger partial charge in [-0.15, -0.1) is 0 Å². The van der Waals surface area contributed by atoms with Gasteiger partial charge in [0, 0.05) is 83.0 Å². The molecule has 0 aromatic heterocycles. The number of likely N-dealkylation sites (tertiary alicyclic amines) is 1. The van der Waals surface area contributed by atoms with Gasteiger partial charge in [0.1, 0.15) is 18.2 Å². The van der Waals surface area contributed by atoms with Gasteiger partial charge >= 0.3 is 5.97 Å². The van der Waals surface area contributed by atoms with Gasteiger partial charge in [-0.05, 0) is 25.0 Å². The molecule has 1 saturated heterocycles. The van der Waals surface area contributed by atoms with Crippen molar-refractivity contribution in [3.05, 3.63) is 30.8 Å². The molecule has 0 amide bonds. The summed E-state index contributed by atoms with van der Waals surface area (Å²) in [7, 11) is 3.61. The van der Waals surface area contributed by atoms with Gasteiger partial charge in [-0.1, -0.05) is 0 Å². The topological polar surface area (TPSA) is 105 Å². The Morgan fingerprint density at radius 3 is 2.13 bits per heavy atom. The zero-order chi connectivity index (χ0) is 20.3. The van der Waals surface area contributed by atoms with Gasteiger partial charge in [0.25, 0.3) is 0 Å². The van der Waals surface area contributed by atoms with E-state index < -0.39 is 5.97 Å². The number of rotatable bonds is 11. The minimum absolute atomic E-state index is 0. The van der Waals surface area contributed by atoms with Gasteiger partial charge < -0.3 is 31.3 Å². The SMILES string of the molecule is CC#N.COCCOCCOCCOC(=O)/C(C#N)=C\C=C1/CCCN1C.[CH3-].[U].[V]. The molecule has 1 rings (SSSR count). The summed E-state index contributed by atoms with van der Waals surface area (Å²) < 4.78 is 20.4. The molecule has 0 unspecified atom stereocenters. The standard InChI is InChI=1S/C17H26N2O5.C2H3N.CH3.U.V/c1-19-7-3-4-16(19)6-5-15(14-18)17(20)24-13-12-23-11-10-22-9-8-21-2;1-2-3;;;/h5-6H,3-4,7-13H2,1-2H3;1H3;1H3;;/q;;-1;;/b15-5-,16-6+;;;;. The number of carbonyl (C=O) groups is 1. The van der Waals surface area contributed by atoms with Crippen molar-refractivity contribution in [2.24, 2.45) is 0 Å². The largest absolute Gasteiger partial charge is 0.459 e. The van der Waals surface area contributed by atoms with Crippen LogP contribution < -0.4 is 0 Å². The molecule has 1 aliphatic rings. The summed E-state index contributed by atoms with van der Waals surface area (Å²) in [6.45, 7) is 4.75. The third-order valence-corrected chi connectivity index (χ3v) is 3.46. The molecular formula is C20H32N3O5UV-. The van der Waals surface area contributed by atoms with E-state index in [-0.39, 0.29) is 75.9 Å². The molecule has 0 aliphatic carbocycles. The number of esters is 1. The van der Waals surface area contributed by atoms with Gasteiger partial charge in [0.05, 0.1) is 39.1 Å². The van der Waals surface area contributed by atoms with Crippen LogP contribution in [0.15, 0.2) is 23.4 Å². The maximum atomic E-state index is 11.8. The van der Waals surface area contributed by atoms with Crippen molar-refractivity contribution in [2.45, 2.75) is 19.8 Å². The van der Waals surface area contributed by atoms with E-state index in [1.165, 1.54) is 13.0 Å². The minimum atomic E-state index is -0.630. The average molecular weight is 683 g/mol. The van der Waals surface area contributed by atoms with E-state index in [2.05, 4.69) is 4.90 Å². The number of ether oxygens (including phenoxy) is 4. The molecule has 0 aromatic carbocycles. The predicted octanol–water partition coefficient (Wildman–Crippen LogP) is 2.25. The fourth-order valence-corrected chi connectivity index (χ4v) is 2.11. The first-order valence-electron chi connectivity index (χ1n) is 8.75. The van der Waals surface area contributed by atoms with E-state index in [1.807, 2.05) is 13.1 Å². The van der Waals surface area contributed by atoms with Gasteiger partial charge in [0.15, 0.2) is 0 Å². The Hall–Kier alpha value is -0.754. The molecule has 0 spiro atoms. The molecule has 0 atom stereocenters. The molecular weight excluding hydrogens is 651 g/mol. The predicted molar refractivity (Wildman–Crippen MR) is 106 cm³/mol. The van der Waals surface area contributed by atoms with E-state index in [1.54, 1.807) is 19.3 Å². The maximum Gasteiger partial charge on any atom is 0.348 e. The van der Waals surface area contributed by atoms with Crippen molar-refractivity contribution in [3.63, 3.8) is 0 Å². The van der Waals surface area contributed by atoms with Gasteiger partial charge in [0.2, 0.25) is 0 Å². The van der Waals surface area contributed by atoms with Crippen molar-refractivity contribution in [1.82, 2.24) is 4.90 Å². The number of methoxy groups -OCH3 is 1. The van der Waals surface area contributed by atoms with Crippen LogP contribution >= 0.6 is 0 Å². The third-order valence-electron chi connectivity index (χ3n) is 3.46. The number of nitrogens with zero attached hydrogens (tertiary/aromatic N) is 3. The second-order valence-corrected chi connectivity index (χ2v) is 5.45. The first-order chi connectivity index (χ1) is 13.1. The molecule has 0 bridgehead atoms. The zero-order valence-corrected chi connectivity index (χ0v) is 23.9. The van der Waals surface area contributed by atoms with Crippen LogP contribution in [0, 0.1) is 61.2 Å². The van der Waals surface area contributed by atoms with Crippen molar-refractivity contribution in [2.75, 3.05) is 60.3 Å². The van der Waals surface area contributed by atoms with Gasteiger partial charge in [-0.25, -0.2) is 4.79 Å². The Labute approximate surface area is 216 Å². The molecule has 1 heterocycles. The normalized spacial score (nSPS) is 13.4. The van der Waals surface area contributed by atoms with Crippen LogP contribution in [0.25, 0.3) is 0 Å². The Morgan fingerprint density at radius 1 is 1.13 bits per heavy atom. The van der Waals surface area contributed by atoms with E-state index >= 15 is 0 Å². The van der Waals surface area contributed by atoms with E-state index in [0.717, 1.165) is 25.1 Å². The number of hydrogen-bond acceptors (Lipinski definition) is 8. The van der Waals surface area contributed by atoms with Crippen molar-refractivity contribution >= 4 is 5.97 Å². The van der Waals surface area contributed by atoms with Crippen LogP contribution in [0.3, 0.4) is 0 Å². The van der Waals surface area contributed by atoms with Crippen molar-refractivity contribution < 1.29 is 73.4 Å². The monoisotopic (exact) mass is 683 g/mol. The van der Waals surface area contributed by atoms with Crippen molar-refractivity contribution in [1.29, 1.82) is 10.5 Å². The van der Waals surface area contributed by atoms with E-state index in [4.69, 9.17) is 29.5 Å². The minimum Gasteiger partial charge on any atom is -0.459 e. The molecule has 0 saturated carbocycles. The summed E-state index contributed by atoms with van der Waals surface area (Å²) in [6, 6.07) is 3.62. The van der Waals surface area contributed by atoms with E-state index in [9.17, 15) is 4.79 Å². The van der Waals surface area contributed by atoms with Crippen LogP contribution in [0.5, 0.6) is 0 Å². The maximum absolute atomic E-state index is 11.8. The molecule has 1 fully saturated rings. The second kappa shape index (κ2) is 26.3. The quantitative estimate of drug-likeness (QED) is 0.108. The van der Waals surface area contributed by atoms with Gasteiger partial charge in [-0.2, -0.15) is 10.5 Å². The van der Waals surface area contributed by atoms with Crippen molar-refractivity contribution in [3.8, 4) is 12.1 Å². The fourth-order valence-electron chi connectivity index (χ4n) is 2.11. The molecule has 1 radical (unpaired) electrons. The number of hydrogen-bond donors (Lipinski definition) is 0. The molecule has 1 aliphatic heterocycles. The summed E-state index contributed by atoms with van der Waals surface area (Å²) in [6.07, 6.45) is 5.38. The Bertz CT molecular complexity index is 574. The first-order valence-corrected chi connectivity index (χ1v) is 8.75. The van der Waals surface area contributed by atoms with Crippen LogP contribution in [0.1, 0.15) is 19.8 Å². The second-order valence-electron chi connectivity index (χ2n) is 5.45. The number of allylic oxidation sites excluding steroid dienone is 3. The summed E-state index contributed by atoms with van der Waals surface area (Å²) in [5, 5.41) is 16.4. The zero-order valence-electron chi connectivity index (χ0n) is 18.3. The Balaban J connectivity index is -0.000000530. The van der Waals surface area contributed by atoms with Crippen LogP contribution in [-0.4, -0.2) is 71.2 Å². The van der Waals surface area contributed by atoms with Crippen LogP contribution in [0.4, 0.5) is 0 Å². The Kier molecular flexibility index (Phi) is 32.1. The van der Waals surface area contributed by atoms with Crippen LogP contribution in [-0.2, 0) is 42.3 Å². The number of nitriles is 2. The molecule has 30 heavy (non-hydrogen) atoms. The average Bonchev–Trinajstić information content (AvgIpc) is 3.06. The summed E-state index contributed by atoms with van der Waals surface area (Å²) >= 11 is 0. The molecule has 0 N–H and O–H groups in total. The fraction of sp³-hybridized carbons (Fsp3) is 0.600. The summed E-state index contributed by atoms with van der Waals surface area (Å²) in [5.41, 5.74) is 1.11. The molecule has 8 nitrogen and oxygen atoms in total. The Morgan fingerprint density at radius 2 is 1.67 bits per heavy atom. The molecule has 167 valence electrons. The molecule has 10 heteroatoms. The number of carbonyl (C=O) groups excluding carboxylic acids is 1. The first kappa shape index (κ1) is 36.6. The smallest absolute Gasteiger partial charge is 0.348 e. The summed E-state index contributed by atoms with van der Waals surface area (Å²) in [5.74, 6) is -0.630. The summed E-state index contributed by atoms with van der Waals surface area (Å²) in [4.78, 5) is 13.9. The van der Waals surface area contributed by atoms with E-state index in [0.29, 0.717) is 26.4 Å². The van der Waals surface area contributed by atoms with Gasteiger partial charge in [-0.3, -0.25) is 0 Å². The third kappa shape index (κ3) is 19.2.